The SMILES string of the molecule is CC(=O)N1CCC(C2NNC(N)C2c2ccccc2)CC1. The molecule has 3 atom stereocenters. The molecule has 114 valence electrons. The summed E-state index contributed by atoms with van der Waals surface area (Å²) >= 11 is 0. The summed E-state index contributed by atoms with van der Waals surface area (Å²) in [5.41, 5.74) is 14.1. The van der Waals surface area contributed by atoms with Gasteiger partial charge >= 0.3 is 0 Å². The second-order valence-corrected chi connectivity index (χ2v) is 6.12. The highest BCUT2D eigenvalue weighted by molar-refractivity contribution is 5.73. The number of hydrazine groups is 1. The topological polar surface area (TPSA) is 70.4 Å². The van der Waals surface area contributed by atoms with Crippen molar-refractivity contribution in [2.24, 2.45) is 11.7 Å². The van der Waals surface area contributed by atoms with Crippen LogP contribution in [-0.4, -0.2) is 36.1 Å². The highest BCUT2D eigenvalue weighted by atomic mass is 16.2. The van der Waals surface area contributed by atoms with E-state index < -0.39 is 0 Å². The quantitative estimate of drug-likeness (QED) is 0.752. The molecule has 0 bridgehead atoms. The molecule has 5 nitrogen and oxygen atoms in total. The summed E-state index contributed by atoms with van der Waals surface area (Å²) in [7, 11) is 0. The van der Waals surface area contributed by atoms with Crippen molar-refractivity contribution in [3.63, 3.8) is 0 Å². The van der Waals surface area contributed by atoms with Crippen LogP contribution in [0.3, 0.4) is 0 Å². The molecule has 0 radical (unpaired) electrons. The van der Waals surface area contributed by atoms with Gasteiger partial charge in [0, 0.05) is 32.0 Å². The molecule has 2 fully saturated rings. The first-order valence-electron chi connectivity index (χ1n) is 7.74. The van der Waals surface area contributed by atoms with Crippen LogP contribution in [0.2, 0.25) is 0 Å². The van der Waals surface area contributed by atoms with Gasteiger partial charge in [0.15, 0.2) is 0 Å². The second kappa shape index (κ2) is 6.13. The number of nitrogens with one attached hydrogen (secondary N) is 2. The number of amides is 1. The van der Waals surface area contributed by atoms with E-state index >= 15 is 0 Å². The highest BCUT2D eigenvalue weighted by Crippen LogP contribution is 2.33. The molecule has 1 aromatic rings. The van der Waals surface area contributed by atoms with E-state index in [9.17, 15) is 4.79 Å². The number of carbonyl (C=O) groups is 1. The Morgan fingerprint density at radius 3 is 2.48 bits per heavy atom. The van der Waals surface area contributed by atoms with Gasteiger partial charge in [-0.2, -0.15) is 0 Å². The van der Waals surface area contributed by atoms with E-state index in [1.807, 2.05) is 11.0 Å². The minimum Gasteiger partial charge on any atom is -0.343 e. The van der Waals surface area contributed by atoms with E-state index in [0.717, 1.165) is 25.9 Å². The van der Waals surface area contributed by atoms with Gasteiger partial charge in [-0.1, -0.05) is 30.3 Å². The first-order chi connectivity index (χ1) is 10.2. The molecule has 0 spiro atoms. The van der Waals surface area contributed by atoms with Crippen LogP contribution < -0.4 is 16.6 Å². The third-order valence-corrected chi connectivity index (χ3v) is 4.87. The maximum atomic E-state index is 11.4. The zero-order valence-corrected chi connectivity index (χ0v) is 12.5. The van der Waals surface area contributed by atoms with Crippen LogP contribution in [0.25, 0.3) is 0 Å². The van der Waals surface area contributed by atoms with Crippen molar-refractivity contribution in [3.05, 3.63) is 35.9 Å². The van der Waals surface area contributed by atoms with Gasteiger partial charge in [0.25, 0.3) is 0 Å². The fourth-order valence-corrected chi connectivity index (χ4v) is 3.67. The molecular formula is C16H24N4O. The maximum absolute atomic E-state index is 11.4. The molecule has 2 saturated heterocycles. The lowest BCUT2D eigenvalue weighted by molar-refractivity contribution is -0.130. The van der Waals surface area contributed by atoms with Gasteiger partial charge in [0.1, 0.15) is 0 Å². The van der Waals surface area contributed by atoms with Crippen molar-refractivity contribution in [2.75, 3.05) is 13.1 Å². The van der Waals surface area contributed by atoms with Crippen molar-refractivity contribution in [1.82, 2.24) is 15.8 Å². The molecule has 3 unspecified atom stereocenters. The molecule has 2 aliphatic heterocycles. The lowest BCUT2D eigenvalue weighted by Gasteiger charge is -2.36. The summed E-state index contributed by atoms with van der Waals surface area (Å²) in [6.07, 6.45) is 2.01. The Hall–Kier alpha value is -1.43. The summed E-state index contributed by atoms with van der Waals surface area (Å²) in [4.78, 5) is 13.4. The molecule has 0 aliphatic carbocycles. The summed E-state index contributed by atoms with van der Waals surface area (Å²) in [6.45, 7) is 3.36. The van der Waals surface area contributed by atoms with Crippen LogP contribution in [0.1, 0.15) is 31.2 Å². The van der Waals surface area contributed by atoms with Crippen molar-refractivity contribution in [3.8, 4) is 0 Å². The number of nitrogens with two attached hydrogens (primary N) is 1. The Kier molecular flexibility index (Phi) is 4.24. The Balaban J connectivity index is 1.71. The lowest BCUT2D eigenvalue weighted by atomic mass is 9.79. The monoisotopic (exact) mass is 288 g/mol. The van der Waals surface area contributed by atoms with E-state index in [4.69, 9.17) is 5.73 Å². The second-order valence-electron chi connectivity index (χ2n) is 6.12. The zero-order valence-electron chi connectivity index (χ0n) is 12.5. The smallest absolute Gasteiger partial charge is 0.219 e. The van der Waals surface area contributed by atoms with E-state index in [-0.39, 0.29) is 18.0 Å². The Morgan fingerprint density at radius 1 is 1.19 bits per heavy atom. The number of rotatable bonds is 2. The molecule has 1 amide bonds. The summed E-state index contributed by atoms with van der Waals surface area (Å²) < 4.78 is 0. The molecule has 5 heteroatoms. The van der Waals surface area contributed by atoms with Crippen LogP contribution >= 0.6 is 0 Å². The average Bonchev–Trinajstić information content (AvgIpc) is 2.90. The number of piperidine rings is 1. The van der Waals surface area contributed by atoms with Crippen molar-refractivity contribution in [2.45, 2.75) is 37.9 Å². The molecule has 0 saturated carbocycles. The minimum atomic E-state index is -0.0664. The van der Waals surface area contributed by atoms with E-state index in [0.29, 0.717) is 12.0 Å². The first kappa shape index (κ1) is 14.5. The lowest BCUT2D eigenvalue weighted by Crippen LogP contribution is -2.45. The Morgan fingerprint density at radius 2 is 1.86 bits per heavy atom. The summed E-state index contributed by atoms with van der Waals surface area (Å²) in [5, 5.41) is 0. The van der Waals surface area contributed by atoms with E-state index in [1.54, 1.807) is 6.92 Å². The van der Waals surface area contributed by atoms with Gasteiger partial charge in [-0.15, -0.1) is 0 Å². The number of hydrogen-bond acceptors (Lipinski definition) is 4. The predicted molar refractivity (Wildman–Crippen MR) is 82.2 cm³/mol. The molecule has 21 heavy (non-hydrogen) atoms. The Bertz CT molecular complexity index is 484. The van der Waals surface area contributed by atoms with Gasteiger partial charge in [-0.05, 0) is 24.3 Å². The van der Waals surface area contributed by atoms with E-state index in [1.165, 1.54) is 5.56 Å². The number of nitrogens with zero attached hydrogens (tertiary/aromatic N) is 1. The maximum Gasteiger partial charge on any atom is 0.219 e. The summed E-state index contributed by atoms with van der Waals surface area (Å²) in [6, 6.07) is 10.8. The van der Waals surface area contributed by atoms with Crippen molar-refractivity contribution >= 4 is 5.91 Å². The third kappa shape index (κ3) is 2.95. The number of carbonyl (C=O) groups excluding carboxylic acids is 1. The molecule has 2 aliphatic rings. The first-order valence-corrected chi connectivity index (χ1v) is 7.74. The molecule has 3 rings (SSSR count). The van der Waals surface area contributed by atoms with E-state index in [2.05, 4.69) is 35.1 Å². The van der Waals surface area contributed by atoms with Crippen LogP contribution in [0.5, 0.6) is 0 Å². The molecule has 2 heterocycles. The molecule has 4 N–H and O–H groups in total. The number of hydrogen-bond donors (Lipinski definition) is 3. The largest absolute Gasteiger partial charge is 0.343 e. The molecule has 1 aromatic carbocycles. The van der Waals surface area contributed by atoms with Crippen LogP contribution in [0, 0.1) is 5.92 Å². The third-order valence-electron chi connectivity index (χ3n) is 4.87. The van der Waals surface area contributed by atoms with Gasteiger partial charge in [0.2, 0.25) is 5.91 Å². The van der Waals surface area contributed by atoms with Gasteiger partial charge in [-0.25, -0.2) is 5.43 Å². The van der Waals surface area contributed by atoms with Gasteiger partial charge < -0.3 is 10.6 Å². The van der Waals surface area contributed by atoms with Crippen LogP contribution in [0.15, 0.2) is 30.3 Å². The molecule has 0 aromatic heterocycles. The van der Waals surface area contributed by atoms with Crippen molar-refractivity contribution in [1.29, 1.82) is 0 Å². The predicted octanol–water partition coefficient (Wildman–Crippen LogP) is 0.790. The number of benzene rings is 1. The van der Waals surface area contributed by atoms with Crippen LogP contribution in [-0.2, 0) is 4.79 Å². The number of likely N-dealkylation sites (tertiary alicyclic amines) is 1. The zero-order chi connectivity index (χ0) is 14.8. The molecular weight excluding hydrogens is 264 g/mol. The normalized spacial score (nSPS) is 30.6. The van der Waals surface area contributed by atoms with Crippen molar-refractivity contribution < 1.29 is 4.79 Å². The average molecular weight is 288 g/mol. The highest BCUT2D eigenvalue weighted by Gasteiger charge is 2.40. The fraction of sp³-hybridized carbons (Fsp3) is 0.562. The van der Waals surface area contributed by atoms with Gasteiger partial charge in [0.05, 0.1) is 6.17 Å². The summed E-state index contributed by atoms with van der Waals surface area (Å²) in [5.74, 6) is 1.01. The standard InChI is InChI=1S/C16H24N4O/c1-11(21)20-9-7-13(8-10-20)15-14(16(17)19-18-15)12-5-3-2-4-6-12/h2-6,13-16,18-19H,7-10,17H2,1H3. The Labute approximate surface area is 125 Å². The fourth-order valence-electron chi connectivity index (χ4n) is 3.67. The minimum absolute atomic E-state index is 0.0664. The van der Waals surface area contributed by atoms with Gasteiger partial charge in [-0.3, -0.25) is 10.2 Å². The van der Waals surface area contributed by atoms with Crippen LogP contribution in [0.4, 0.5) is 0 Å².